The van der Waals surface area contributed by atoms with Crippen molar-refractivity contribution in [1.82, 2.24) is 14.8 Å². The fraction of sp³-hybridized carbons (Fsp3) is 0.176. The van der Waals surface area contributed by atoms with E-state index in [0.29, 0.717) is 22.7 Å². The first-order chi connectivity index (χ1) is 12.5. The van der Waals surface area contributed by atoms with Gasteiger partial charge in [-0.25, -0.2) is 0 Å². The number of H-pyrrole nitrogens is 1. The Hall–Kier alpha value is -2.78. The monoisotopic (exact) mass is 387 g/mol. The number of aromatic nitrogens is 3. The maximum atomic E-state index is 12.3. The molecule has 0 spiro atoms. The Morgan fingerprint density at radius 1 is 1.23 bits per heavy atom. The van der Waals surface area contributed by atoms with Crippen molar-refractivity contribution in [2.24, 2.45) is 0 Å². The van der Waals surface area contributed by atoms with Crippen LogP contribution in [0.25, 0.3) is 10.7 Å². The zero-order chi connectivity index (χ0) is 18.5. The average Bonchev–Trinajstić information content (AvgIpc) is 3.22. The molecule has 0 unspecified atom stereocenters. The van der Waals surface area contributed by atoms with Crippen LogP contribution in [-0.2, 0) is 16.1 Å². The summed E-state index contributed by atoms with van der Waals surface area (Å²) in [6.45, 7) is 1.85. The predicted molar refractivity (Wildman–Crippen MR) is 105 cm³/mol. The molecule has 9 heteroatoms. The summed E-state index contributed by atoms with van der Waals surface area (Å²) < 4.78 is 2.29. The van der Waals surface area contributed by atoms with E-state index < -0.39 is 0 Å². The summed E-state index contributed by atoms with van der Waals surface area (Å²) in [6.07, 6.45) is 0.247. The highest BCUT2D eigenvalue weighted by molar-refractivity contribution is 7.71. The summed E-state index contributed by atoms with van der Waals surface area (Å²) in [4.78, 5) is 24.4. The zero-order valence-electron chi connectivity index (χ0n) is 14.0. The van der Waals surface area contributed by atoms with Crippen LogP contribution < -0.4 is 10.6 Å². The fourth-order valence-electron chi connectivity index (χ4n) is 2.43. The summed E-state index contributed by atoms with van der Waals surface area (Å²) >= 11 is 6.83. The molecule has 26 heavy (non-hydrogen) atoms. The van der Waals surface area contributed by atoms with E-state index in [1.54, 1.807) is 35.6 Å². The number of amides is 2. The second-order valence-corrected chi connectivity index (χ2v) is 6.88. The van der Waals surface area contributed by atoms with Gasteiger partial charge in [0.05, 0.1) is 4.88 Å². The van der Waals surface area contributed by atoms with Gasteiger partial charge in [-0.3, -0.25) is 19.3 Å². The molecule has 0 aliphatic carbocycles. The molecule has 3 N–H and O–H groups in total. The van der Waals surface area contributed by atoms with Gasteiger partial charge in [-0.15, -0.1) is 11.3 Å². The zero-order valence-corrected chi connectivity index (χ0v) is 15.6. The third-order valence-corrected chi connectivity index (χ3v) is 4.71. The smallest absolute Gasteiger partial charge is 0.226 e. The van der Waals surface area contributed by atoms with Gasteiger partial charge < -0.3 is 10.6 Å². The molecule has 0 radical (unpaired) electrons. The Morgan fingerprint density at radius 2 is 2.00 bits per heavy atom. The maximum Gasteiger partial charge on any atom is 0.226 e. The Kier molecular flexibility index (Phi) is 5.59. The first-order valence-corrected chi connectivity index (χ1v) is 9.18. The van der Waals surface area contributed by atoms with Gasteiger partial charge in [0.25, 0.3) is 0 Å². The van der Waals surface area contributed by atoms with Crippen LogP contribution in [0.3, 0.4) is 0 Å². The van der Waals surface area contributed by atoms with Crippen LogP contribution in [0, 0.1) is 4.77 Å². The van der Waals surface area contributed by atoms with E-state index in [-0.39, 0.29) is 18.2 Å². The Bertz CT molecular complexity index is 975. The van der Waals surface area contributed by atoms with Gasteiger partial charge in [-0.1, -0.05) is 12.1 Å². The van der Waals surface area contributed by atoms with Gasteiger partial charge in [0.2, 0.25) is 11.8 Å². The minimum absolute atomic E-state index is 0.148. The lowest BCUT2D eigenvalue weighted by Gasteiger charge is -2.09. The minimum atomic E-state index is -0.163. The molecule has 0 saturated heterocycles. The van der Waals surface area contributed by atoms with Crippen LogP contribution in [0.15, 0.2) is 41.8 Å². The molecule has 0 aliphatic heterocycles. The van der Waals surface area contributed by atoms with E-state index in [1.807, 2.05) is 22.1 Å². The van der Waals surface area contributed by atoms with Gasteiger partial charge >= 0.3 is 0 Å². The molecule has 2 aromatic heterocycles. The van der Waals surface area contributed by atoms with E-state index in [1.165, 1.54) is 6.92 Å². The van der Waals surface area contributed by atoms with Crippen molar-refractivity contribution in [3.8, 4) is 10.7 Å². The Balaban J connectivity index is 1.64. The molecule has 0 saturated carbocycles. The van der Waals surface area contributed by atoms with Gasteiger partial charge in [0.1, 0.15) is 0 Å². The molecule has 7 nitrogen and oxygen atoms in total. The number of anilines is 2. The topological polar surface area (TPSA) is 91.8 Å². The molecule has 0 atom stereocenters. The van der Waals surface area contributed by atoms with Crippen LogP contribution in [0.1, 0.15) is 13.3 Å². The molecule has 2 heterocycles. The number of nitrogens with one attached hydrogen (secondary N) is 3. The van der Waals surface area contributed by atoms with Crippen molar-refractivity contribution in [2.75, 3.05) is 10.6 Å². The average molecular weight is 387 g/mol. The third kappa shape index (κ3) is 4.44. The first-order valence-electron chi connectivity index (χ1n) is 7.89. The number of hydrogen-bond donors (Lipinski definition) is 3. The first kappa shape index (κ1) is 18.0. The lowest BCUT2D eigenvalue weighted by molar-refractivity contribution is -0.116. The van der Waals surface area contributed by atoms with Crippen molar-refractivity contribution < 1.29 is 9.59 Å². The Morgan fingerprint density at radius 3 is 2.69 bits per heavy atom. The molecular weight excluding hydrogens is 370 g/mol. The number of rotatable bonds is 6. The minimum Gasteiger partial charge on any atom is -0.326 e. The van der Waals surface area contributed by atoms with Crippen LogP contribution in [-0.4, -0.2) is 26.6 Å². The number of carbonyl (C=O) groups is 2. The van der Waals surface area contributed by atoms with E-state index in [0.717, 1.165) is 10.7 Å². The second kappa shape index (κ2) is 8.07. The normalized spacial score (nSPS) is 10.5. The van der Waals surface area contributed by atoms with Crippen LogP contribution in [0.4, 0.5) is 11.4 Å². The summed E-state index contributed by atoms with van der Waals surface area (Å²) in [6, 6.07) is 10.9. The SMILES string of the molecule is CC(=O)Nc1cccc(NC(=O)CCn2c(-c3cccs3)n[nH]c2=S)c1. The lowest BCUT2D eigenvalue weighted by atomic mass is 10.2. The quantitative estimate of drug-likeness (QED) is 0.563. The van der Waals surface area contributed by atoms with Crippen molar-refractivity contribution in [3.63, 3.8) is 0 Å². The van der Waals surface area contributed by atoms with E-state index in [4.69, 9.17) is 12.2 Å². The van der Waals surface area contributed by atoms with Crippen molar-refractivity contribution in [1.29, 1.82) is 0 Å². The largest absolute Gasteiger partial charge is 0.326 e. The summed E-state index contributed by atoms with van der Waals surface area (Å²) in [7, 11) is 0. The number of carbonyl (C=O) groups excluding carboxylic acids is 2. The number of aromatic amines is 1. The number of benzene rings is 1. The molecule has 2 amide bonds. The molecule has 3 rings (SSSR count). The number of nitrogens with zero attached hydrogens (tertiary/aromatic N) is 2. The number of hydrogen-bond acceptors (Lipinski definition) is 5. The third-order valence-electron chi connectivity index (χ3n) is 3.53. The van der Waals surface area contributed by atoms with E-state index >= 15 is 0 Å². The fourth-order valence-corrected chi connectivity index (χ4v) is 3.38. The van der Waals surface area contributed by atoms with E-state index in [9.17, 15) is 9.59 Å². The Labute approximate surface area is 159 Å². The van der Waals surface area contributed by atoms with Crippen LogP contribution in [0.5, 0.6) is 0 Å². The van der Waals surface area contributed by atoms with Gasteiger partial charge in [-0.05, 0) is 41.9 Å². The van der Waals surface area contributed by atoms with E-state index in [2.05, 4.69) is 20.8 Å². The van der Waals surface area contributed by atoms with Gasteiger partial charge in [0.15, 0.2) is 10.6 Å². The molecule has 0 aliphatic rings. The highest BCUT2D eigenvalue weighted by atomic mass is 32.1. The molecule has 134 valence electrons. The molecular formula is C17H17N5O2S2. The van der Waals surface area contributed by atoms with Crippen LogP contribution >= 0.6 is 23.6 Å². The highest BCUT2D eigenvalue weighted by Gasteiger charge is 2.11. The summed E-state index contributed by atoms with van der Waals surface area (Å²) in [5.41, 5.74) is 1.25. The molecule has 3 aromatic rings. The summed E-state index contributed by atoms with van der Waals surface area (Å²) in [5.74, 6) is 0.416. The molecule has 0 fully saturated rings. The van der Waals surface area contributed by atoms with Gasteiger partial charge in [-0.2, -0.15) is 5.10 Å². The number of thiophene rings is 1. The van der Waals surface area contributed by atoms with Crippen LogP contribution in [0.2, 0.25) is 0 Å². The van der Waals surface area contributed by atoms with Gasteiger partial charge in [0, 0.05) is 31.3 Å². The molecule has 0 bridgehead atoms. The summed E-state index contributed by atoms with van der Waals surface area (Å²) in [5, 5.41) is 14.5. The maximum absolute atomic E-state index is 12.3. The van der Waals surface area contributed by atoms with Crippen molar-refractivity contribution in [3.05, 3.63) is 46.5 Å². The van der Waals surface area contributed by atoms with Crippen molar-refractivity contribution in [2.45, 2.75) is 19.9 Å². The molecule has 1 aromatic carbocycles. The highest BCUT2D eigenvalue weighted by Crippen LogP contribution is 2.23. The predicted octanol–water partition coefficient (Wildman–Crippen LogP) is 3.66. The second-order valence-electron chi connectivity index (χ2n) is 5.54. The van der Waals surface area contributed by atoms with Crippen molar-refractivity contribution >= 4 is 46.7 Å². The lowest BCUT2D eigenvalue weighted by Crippen LogP contribution is -2.15. The standard InChI is InChI=1S/C17H17N5O2S2/c1-11(23)18-12-4-2-5-13(10-12)19-15(24)7-8-22-16(20-21-17(22)25)14-6-3-9-26-14/h2-6,9-10H,7-8H2,1H3,(H,18,23)(H,19,24)(H,21,25).